The van der Waals surface area contributed by atoms with Crippen molar-refractivity contribution in [2.45, 2.75) is 65.0 Å². The highest BCUT2D eigenvalue weighted by atomic mass is 16.6. The van der Waals surface area contributed by atoms with Crippen molar-refractivity contribution in [2.24, 2.45) is 0 Å². The molecule has 0 aromatic carbocycles. The van der Waals surface area contributed by atoms with E-state index in [2.05, 4.69) is 0 Å². The van der Waals surface area contributed by atoms with Crippen molar-refractivity contribution >= 4 is 23.9 Å². The zero-order valence-electron chi connectivity index (χ0n) is 15.7. The van der Waals surface area contributed by atoms with Crippen LogP contribution in [-0.2, 0) is 38.1 Å². The Morgan fingerprint density at radius 3 is 1.65 bits per heavy atom. The first kappa shape index (κ1) is 23.8. The van der Waals surface area contributed by atoms with Crippen LogP contribution in [0.1, 0.15) is 41.5 Å². The molecule has 0 fully saturated rings. The number of carbonyl (C=O) groups is 4. The van der Waals surface area contributed by atoms with Gasteiger partial charge in [-0.05, 0) is 13.8 Å². The van der Waals surface area contributed by atoms with Crippen molar-refractivity contribution < 1.29 is 48.3 Å². The van der Waals surface area contributed by atoms with Crippen LogP contribution in [0.4, 0.5) is 0 Å². The molecule has 2 N–H and O–H groups in total. The second-order valence-electron chi connectivity index (χ2n) is 6.25. The number of hydrogen-bond donors (Lipinski definition) is 2. The van der Waals surface area contributed by atoms with Crippen molar-refractivity contribution in [3.63, 3.8) is 0 Å². The van der Waals surface area contributed by atoms with E-state index in [4.69, 9.17) is 18.9 Å². The molecule has 0 rings (SSSR count). The summed E-state index contributed by atoms with van der Waals surface area (Å²) in [5.41, 5.74) is -4.24. The average molecular weight is 378 g/mol. The van der Waals surface area contributed by atoms with Crippen LogP contribution in [0.25, 0.3) is 0 Å². The summed E-state index contributed by atoms with van der Waals surface area (Å²) in [6.07, 6.45) is -3.16. The summed E-state index contributed by atoms with van der Waals surface area (Å²) in [7, 11) is 0. The molecule has 10 nitrogen and oxygen atoms in total. The van der Waals surface area contributed by atoms with Crippen LogP contribution in [0.5, 0.6) is 0 Å². The number of ether oxygens (including phenoxy) is 4. The van der Waals surface area contributed by atoms with Crippen LogP contribution < -0.4 is 0 Å². The van der Waals surface area contributed by atoms with Crippen LogP contribution >= 0.6 is 0 Å². The smallest absolute Gasteiger partial charge is 0.303 e. The Hall–Kier alpha value is -2.20. The summed E-state index contributed by atoms with van der Waals surface area (Å²) in [6.45, 7) is 5.44. The number of rotatable bonds is 9. The van der Waals surface area contributed by atoms with Gasteiger partial charge in [0, 0.05) is 27.7 Å². The topological polar surface area (TPSA) is 146 Å². The first-order chi connectivity index (χ1) is 11.7. The Bertz CT molecular complexity index is 537. The maximum absolute atomic E-state index is 11.5. The van der Waals surface area contributed by atoms with E-state index in [1.807, 2.05) is 0 Å². The first-order valence-electron chi connectivity index (χ1n) is 7.76. The molecule has 0 heterocycles. The minimum absolute atomic E-state index is 0.552. The van der Waals surface area contributed by atoms with E-state index in [-0.39, 0.29) is 0 Å². The van der Waals surface area contributed by atoms with Gasteiger partial charge in [-0.25, -0.2) is 0 Å². The maximum atomic E-state index is 11.5. The van der Waals surface area contributed by atoms with Gasteiger partial charge in [-0.3, -0.25) is 19.2 Å². The third-order valence-electron chi connectivity index (χ3n) is 3.35. The fraction of sp³-hybridized carbons (Fsp3) is 0.750. The fourth-order valence-electron chi connectivity index (χ4n) is 2.25. The zero-order valence-corrected chi connectivity index (χ0v) is 15.7. The lowest BCUT2D eigenvalue weighted by Gasteiger charge is -2.43. The molecule has 4 atom stereocenters. The lowest BCUT2D eigenvalue weighted by Crippen LogP contribution is -2.64. The molecule has 26 heavy (non-hydrogen) atoms. The molecule has 0 radical (unpaired) electrons. The van der Waals surface area contributed by atoms with E-state index in [9.17, 15) is 29.4 Å². The second kappa shape index (κ2) is 9.48. The van der Waals surface area contributed by atoms with E-state index in [0.717, 1.165) is 41.5 Å². The van der Waals surface area contributed by atoms with Gasteiger partial charge in [-0.15, -0.1) is 0 Å². The Kier molecular flexibility index (Phi) is 8.68. The normalized spacial score (nSPS) is 17.7. The van der Waals surface area contributed by atoms with E-state index >= 15 is 0 Å². The molecular weight excluding hydrogens is 352 g/mol. The number of esters is 4. The van der Waals surface area contributed by atoms with Gasteiger partial charge >= 0.3 is 23.9 Å². The lowest BCUT2D eigenvalue weighted by molar-refractivity contribution is -0.235. The van der Waals surface area contributed by atoms with Crippen molar-refractivity contribution in [1.82, 2.24) is 0 Å². The highest BCUT2D eigenvalue weighted by Crippen LogP contribution is 2.30. The summed E-state index contributed by atoms with van der Waals surface area (Å²) in [5, 5.41) is 21.5. The van der Waals surface area contributed by atoms with Crippen molar-refractivity contribution in [2.75, 3.05) is 13.2 Å². The minimum Gasteiger partial charge on any atom is -0.463 e. The first-order valence-corrected chi connectivity index (χ1v) is 7.76. The largest absolute Gasteiger partial charge is 0.463 e. The molecule has 0 aromatic rings. The van der Waals surface area contributed by atoms with Gasteiger partial charge in [-0.1, -0.05) is 0 Å². The van der Waals surface area contributed by atoms with Gasteiger partial charge in [0.25, 0.3) is 0 Å². The molecular formula is C16H26O10. The highest BCUT2D eigenvalue weighted by molar-refractivity contribution is 5.68. The van der Waals surface area contributed by atoms with Crippen LogP contribution in [0.15, 0.2) is 0 Å². The molecule has 0 spiro atoms. The van der Waals surface area contributed by atoms with Crippen molar-refractivity contribution in [3.8, 4) is 0 Å². The standard InChI is InChI=1S/C16H26O10/c1-9(17)23-7-13(25-11(3)19)16(6,22)14(26-12(4)20)15(5,21)8-24-10(2)18/h13-14,21-22H,7-8H2,1-6H3. The molecule has 0 aliphatic carbocycles. The van der Waals surface area contributed by atoms with Crippen molar-refractivity contribution in [1.29, 1.82) is 0 Å². The Balaban J connectivity index is 5.79. The highest BCUT2D eigenvalue weighted by Gasteiger charge is 2.53. The molecule has 0 bridgehead atoms. The number of aliphatic hydroxyl groups is 2. The van der Waals surface area contributed by atoms with Crippen LogP contribution in [0.3, 0.4) is 0 Å². The Labute approximate surface area is 151 Å². The van der Waals surface area contributed by atoms with Gasteiger partial charge in [0.15, 0.2) is 12.2 Å². The molecule has 4 unspecified atom stereocenters. The summed E-state index contributed by atoms with van der Waals surface area (Å²) < 4.78 is 19.5. The molecule has 0 saturated carbocycles. The fourth-order valence-corrected chi connectivity index (χ4v) is 2.25. The second-order valence-corrected chi connectivity index (χ2v) is 6.25. The van der Waals surface area contributed by atoms with Gasteiger partial charge in [0.05, 0.1) is 0 Å². The molecule has 0 aromatic heterocycles. The average Bonchev–Trinajstić information content (AvgIpc) is 2.46. The molecule has 10 heteroatoms. The molecule has 0 aliphatic heterocycles. The molecule has 0 amide bonds. The number of hydrogen-bond acceptors (Lipinski definition) is 10. The zero-order chi connectivity index (χ0) is 20.7. The summed E-state index contributed by atoms with van der Waals surface area (Å²) >= 11 is 0. The SMILES string of the molecule is CC(=O)OCC(OC(C)=O)C(C)(O)C(OC(C)=O)C(C)(O)COC(C)=O. The van der Waals surface area contributed by atoms with Gasteiger partial charge < -0.3 is 29.2 Å². The predicted molar refractivity (Wildman–Crippen MR) is 85.6 cm³/mol. The third kappa shape index (κ3) is 7.79. The van der Waals surface area contributed by atoms with E-state index in [0.29, 0.717) is 0 Å². The molecule has 0 saturated heterocycles. The quantitative estimate of drug-likeness (QED) is 0.397. The monoisotopic (exact) mass is 378 g/mol. The van der Waals surface area contributed by atoms with E-state index in [1.165, 1.54) is 0 Å². The predicted octanol–water partition coefficient (Wildman–Crippen LogP) is -0.522. The van der Waals surface area contributed by atoms with Crippen LogP contribution in [0.2, 0.25) is 0 Å². The minimum atomic E-state index is -2.20. The van der Waals surface area contributed by atoms with Crippen LogP contribution in [0, 0.1) is 0 Å². The maximum Gasteiger partial charge on any atom is 0.303 e. The van der Waals surface area contributed by atoms with Gasteiger partial charge in [-0.2, -0.15) is 0 Å². The van der Waals surface area contributed by atoms with Gasteiger partial charge in [0.1, 0.15) is 24.4 Å². The molecule has 150 valence electrons. The van der Waals surface area contributed by atoms with E-state index < -0.39 is 60.5 Å². The van der Waals surface area contributed by atoms with Crippen LogP contribution in [-0.4, -0.2) is 70.7 Å². The summed E-state index contributed by atoms with van der Waals surface area (Å²) in [5.74, 6) is -3.06. The van der Waals surface area contributed by atoms with Gasteiger partial charge in [0.2, 0.25) is 0 Å². The summed E-state index contributed by atoms with van der Waals surface area (Å²) in [6, 6.07) is 0. The number of carbonyl (C=O) groups excluding carboxylic acids is 4. The molecule has 0 aliphatic rings. The summed E-state index contributed by atoms with van der Waals surface area (Å²) in [4.78, 5) is 44.9. The van der Waals surface area contributed by atoms with Crippen molar-refractivity contribution in [3.05, 3.63) is 0 Å². The third-order valence-corrected chi connectivity index (χ3v) is 3.35. The lowest BCUT2D eigenvalue weighted by atomic mass is 9.82. The Morgan fingerprint density at radius 1 is 0.808 bits per heavy atom. The Morgan fingerprint density at radius 2 is 1.27 bits per heavy atom. The van der Waals surface area contributed by atoms with E-state index in [1.54, 1.807) is 0 Å².